The molecule has 2 rings (SSSR count). The number of amides is 1. The Balaban J connectivity index is 2.13. The number of benzene rings is 1. The smallest absolute Gasteiger partial charge is 0.254 e. The third kappa shape index (κ3) is 3.11. The first kappa shape index (κ1) is 14.4. The average Bonchev–Trinajstić information content (AvgIpc) is 2.83. The van der Waals surface area contributed by atoms with Crippen molar-refractivity contribution in [2.45, 2.75) is 12.8 Å². The number of alkyl halides is 1. The zero-order chi connectivity index (χ0) is 14.0. The fraction of sp³-hybridized carbons (Fsp3) is 0.462. The molecule has 1 aromatic rings. The second-order valence-electron chi connectivity index (χ2n) is 4.64. The molecule has 1 saturated heterocycles. The van der Waals surface area contributed by atoms with Crippen molar-refractivity contribution < 1.29 is 18.0 Å². The Kier molecular flexibility index (Phi) is 4.50. The highest BCUT2D eigenvalue weighted by molar-refractivity contribution is 9.09. The Morgan fingerprint density at radius 3 is 2.53 bits per heavy atom. The maximum absolute atomic E-state index is 13.1. The van der Waals surface area contributed by atoms with E-state index in [0.717, 1.165) is 30.3 Å². The first-order valence-corrected chi connectivity index (χ1v) is 7.15. The monoisotopic (exact) mass is 335 g/mol. The van der Waals surface area contributed by atoms with Gasteiger partial charge in [-0.05, 0) is 30.9 Å². The van der Waals surface area contributed by atoms with Gasteiger partial charge in [0.25, 0.3) is 5.91 Å². The van der Waals surface area contributed by atoms with E-state index in [0.29, 0.717) is 19.0 Å². The number of carbonyl (C=O) groups is 1. The summed E-state index contributed by atoms with van der Waals surface area (Å²) in [6.07, 6.45) is 1.83. The van der Waals surface area contributed by atoms with E-state index in [4.69, 9.17) is 0 Å². The minimum absolute atomic E-state index is 0.143. The molecule has 1 aromatic carbocycles. The zero-order valence-corrected chi connectivity index (χ0v) is 11.7. The van der Waals surface area contributed by atoms with Crippen molar-refractivity contribution in [1.82, 2.24) is 4.90 Å². The lowest BCUT2D eigenvalue weighted by Gasteiger charge is -2.16. The van der Waals surface area contributed by atoms with Crippen LogP contribution in [0.1, 0.15) is 23.2 Å². The van der Waals surface area contributed by atoms with Gasteiger partial charge in [0.1, 0.15) is 0 Å². The van der Waals surface area contributed by atoms with E-state index in [1.165, 1.54) is 0 Å². The van der Waals surface area contributed by atoms with Gasteiger partial charge in [-0.3, -0.25) is 4.79 Å². The minimum atomic E-state index is -1.55. The molecule has 1 atom stereocenters. The summed E-state index contributed by atoms with van der Waals surface area (Å²) in [5, 5.41) is 0.861. The molecule has 0 aromatic heterocycles. The lowest BCUT2D eigenvalue weighted by atomic mass is 10.1. The highest BCUT2D eigenvalue weighted by Crippen LogP contribution is 2.23. The summed E-state index contributed by atoms with van der Waals surface area (Å²) in [4.78, 5) is 13.6. The van der Waals surface area contributed by atoms with E-state index >= 15 is 0 Å². The average molecular weight is 336 g/mol. The molecule has 0 bridgehead atoms. The minimum Gasteiger partial charge on any atom is -0.338 e. The normalized spacial score (nSPS) is 18.9. The van der Waals surface area contributed by atoms with E-state index in [2.05, 4.69) is 15.9 Å². The maximum Gasteiger partial charge on any atom is 0.254 e. The second kappa shape index (κ2) is 5.94. The zero-order valence-electron chi connectivity index (χ0n) is 10.1. The number of halogens is 4. The van der Waals surface area contributed by atoms with Crippen LogP contribution in [-0.4, -0.2) is 29.2 Å². The third-order valence-corrected chi connectivity index (χ3v) is 3.78. The van der Waals surface area contributed by atoms with Gasteiger partial charge >= 0.3 is 0 Å². The quantitative estimate of drug-likeness (QED) is 0.612. The van der Waals surface area contributed by atoms with Crippen LogP contribution in [0.3, 0.4) is 0 Å². The van der Waals surface area contributed by atoms with Crippen molar-refractivity contribution in [3.8, 4) is 0 Å². The molecule has 1 aliphatic rings. The van der Waals surface area contributed by atoms with Gasteiger partial charge in [-0.15, -0.1) is 0 Å². The van der Waals surface area contributed by atoms with Gasteiger partial charge in [-0.1, -0.05) is 15.9 Å². The van der Waals surface area contributed by atoms with Crippen LogP contribution < -0.4 is 0 Å². The molecular formula is C13H13BrF3NO. The van der Waals surface area contributed by atoms with Crippen LogP contribution in [0, 0.1) is 23.4 Å². The summed E-state index contributed by atoms with van der Waals surface area (Å²) in [5.74, 6) is -4.26. The molecule has 1 aliphatic heterocycles. The van der Waals surface area contributed by atoms with Gasteiger partial charge in [-0.25, -0.2) is 13.2 Å². The largest absolute Gasteiger partial charge is 0.338 e. The molecule has 0 saturated carbocycles. The molecule has 1 amide bonds. The van der Waals surface area contributed by atoms with Crippen molar-refractivity contribution >= 4 is 21.8 Å². The van der Waals surface area contributed by atoms with E-state index in [1.54, 1.807) is 4.90 Å². The highest BCUT2D eigenvalue weighted by atomic mass is 79.9. The molecule has 104 valence electrons. The Labute approximate surface area is 117 Å². The summed E-state index contributed by atoms with van der Waals surface area (Å²) < 4.78 is 39.0. The van der Waals surface area contributed by atoms with Gasteiger partial charge in [0.2, 0.25) is 0 Å². The van der Waals surface area contributed by atoms with E-state index in [1.807, 2.05) is 0 Å². The lowest BCUT2D eigenvalue weighted by molar-refractivity contribution is 0.0785. The molecule has 0 radical (unpaired) electrons. The SMILES string of the molecule is O=C(c1cc(F)c(F)c(F)c1)N1CCC(CCBr)C1. The highest BCUT2D eigenvalue weighted by Gasteiger charge is 2.27. The summed E-state index contributed by atoms with van der Waals surface area (Å²) in [6, 6.07) is 1.50. The molecular weight excluding hydrogens is 323 g/mol. The number of rotatable bonds is 3. The lowest BCUT2D eigenvalue weighted by Crippen LogP contribution is -2.29. The number of nitrogens with zero attached hydrogens (tertiary/aromatic N) is 1. The number of hydrogen-bond acceptors (Lipinski definition) is 1. The first-order valence-electron chi connectivity index (χ1n) is 6.02. The van der Waals surface area contributed by atoms with Gasteiger partial charge in [0.15, 0.2) is 17.5 Å². The van der Waals surface area contributed by atoms with E-state index in [9.17, 15) is 18.0 Å². The van der Waals surface area contributed by atoms with Crippen LogP contribution in [0.2, 0.25) is 0 Å². The van der Waals surface area contributed by atoms with Gasteiger partial charge in [-0.2, -0.15) is 0 Å². The Morgan fingerprint density at radius 1 is 1.32 bits per heavy atom. The van der Waals surface area contributed by atoms with Crippen molar-refractivity contribution in [1.29, 1.82) is 0 Å². The molecule has 19 heavy (non-hydrogen) atoms. The van der Waals surface area contributed by atoms with Crippen molar-refractivity contribution in [2.24, 2.45) is 5.92 Å². The maximum atomic E-state index is 13.1. The summed E-state index contributed by atoms with van der Waals surface area (Å²) in [6.45, 7) is 1.14. The fourth-order valence-corrected chi connectivity index (χ4v) is 2.92. The predicted molar refractivity (Wildman–Crippen MR) is 68.7 cm³/mol. The fourth-order valence-electron chi connectivity index (χ4n) is 2.27. The van der Waals surface area contributed by atoms with Crippen molar-refractivity contribution in [2.75, 3.05) is 18.4 Å². The Morgan fingerprint density at radius 2 is 1.95 bits per heavy atom. The van der Waals surface area contributed by atoms with Crippen LogP contribution >= 0.6 is 15.9 Å². The third-order valence-electron chi connectivity index (χ3n) is 3.32. The van der Waals surface area contributed by atoms with Gasteiger partial charge in [0, 0.05) is 24.0 Å². The Hall–Kier alpha value is -1.04. The number of likely N-dealkylation sites (tertiary alicyclic amines) is 1. The molecule has 6 heteroatoms. The van der Waals surface area contributed by atoms with Crippen LogP contribution in [0.25, 0.3) is 0 Å². The molecule has 0 spiro atoms. The molecule has 0 aliphatic carbocycles. The summed E-state index contributed by atoms with van der Waals surface area (Å²) in [5.41, 5.74) is -0.143. The molecule has 2 nitrogen and oxygen atoms in total. The van der Waals surface area contributed by atoms with Gasteiger partial charge < -0.3 is 4.90 Å². The predicted octanol–water partition coefficient (Wildman–Crippen LogP) is 3.35. The first-order chi connectivity index (χ1) is 9.02. The van der Waals surface area contributed by atoms with Crippen molar-refractivity contribution in [3.05, 3.63) is 35.1 Å². The van der Waals surface area contributed by atoms with Crippen molar-refractivity contribution in [3.63, 3.8) is 0 Å². The van der Waals surface area contributed by atoms with Crippen LogP contribution in [0.4, 0.5) is 13.2 Å². The standard InChI is InChI=1S/C13H13BrF3NO/c14-3-1-8-2-4-18(7-8)13(19)9-5-10(15)12(17)11(16)6-9/h5-6,8H,1-4,7H2. The van der Waals surface area contributed by atoms with E-state index in [-0.39, 0.29) is 5.56 Å². The molecule has 0 N–H and O–H groups in total. The number of hydrogen-bond donors (Lipinski definition) is 0. The van der Waals surface area contributed by atoms with Crippen LogP contribution in [-0.2, 0) is 0 Å². The Bertz CT molecular complexity index is 472. The number of carbonyl (C=O) groups excluding carboxylic acids is 1. The summed E-state index contributed by atoms with van der Waals surface area (Å²) >= 11 is 3.34. The second-order valence-corrected chi connectivity index (χ2v) is 5.43. The summed E-state index contributed by atoms with van der Waals surface area (Å²) in [7, 11) is 0. The van der Waals surface area contributed by atoms with Crippen LogP contribution in [0.5, 0.6) is 0 Å². The molecule has 1 fully saturated rings. The molecule has 1 unspecified atom stereocenters. The molecule has 1 heterocycles. The van der Waals surface area contributed by atoms with Gasteiger partial charge in [0.05, 0.1) is 0 Å². The van der Waals surface area contributed by atoms with Crippen LogP contribution in [0.15, 0.2) is 12.1 Å². The topological polar surface area (TPSA) is 20.3 Å². The van der Waals surface area contributed by atoms with E-state index < -0.39 is 23.4 Å².